The fourth-order valence-electron chi connectivity index (χ4n) is 2.65. The Morgan fingerprint density at radius 2 is 1.88 bits per heavy atom. The predicted octanol–water partition coefficient (Wildman–Crippen LogP) is 4.63. The molecule has 0 unspecified atom stereocenters. The van der Waals surface area contributed by atoms with Gasteiger partial charge in [0.25, 0.3) is 5.91 Å². The highest BCUT2D eigenvalue weighted by Gasteiger charge is 2.31. The van der Waals surface area contributed by atoms with E-state index in [-0.39, 0.29) is 5.91 Å². The van der Waals surface area contributed by atoms with E-state index in [0.29, 0.717) is 29.0 Å². The van der Waals surface area contributed by atoms with Gasteiger partial charge in [0, 0.05) is 17.1 Å². The molecule has 0 spiro atoms. The molecule has 0 bridgehead atoms. The summed E-state index contributed by atoms with van der Waals surface area (Å²) in [5.74, 6) is 0.999. The molecule has 3 rings (SSSR count). The minimum absolute atomic E-state index is 0.0671. The Labute approximate surface area is 147 Å². The Morgan fingerprint density at radius 1 is 1.12 bits per heavy atom. The maximum Gasteiger partial charge on any atom is 0.278 e. The van der Waals surface area contributed by atoms with Crippen LogP contribution in [0.15, 0.2) is 65.3 Å². The van der Waals surface area contributed by atoms with Crippen LogP contribution in [0.25, 0.3) is 6.08 Å². The summed E-state index contributed by atoms with van der Waals surface area (Å²) in [5, 5.41) is 0.640. The second-order valence-corrected chi connectivity index (χ2v) is 6.63. The van der Waals surface area contributed by atoms with Gasteiger partial charge in [-0.05, 0) is 29.7 Å². The zero-order valence-corrected chi connectivity index (χ0v) is 14.5. The van der Waals surface area contributed by atoms with Crippen molar-refractivity contribution in [2.45, 2.75) is 13.8 Å². The number of rotatable bonds is 4. The minimum atomic E-state index is -0.0671. The Balaban J connectivity index is 2.02. The van der Waals surface area contributed by atoms with Crippen molar-refractivity contribution in [2.75, 3.05) is 6.54 Å². The number of hydrogen-bond acceptors (Lipinski definition) is 2. The molecule has 0 N–H and O–H groups in total. The van der Waals surface area contributed by atoms with Gasteiger partial charge in [-0.3, -0.25) is 9.69 Å². The number of aliphatic imine (C=N–C) groups is 1. The number of amidine groups is 1. The van der Waals surface area contributed by atoms with E-state index < -0.39 is 0 Å². The van der Waals surface area contributed by atoms with Gasteiger partial charge in [0.05, 0.1) is 0 Å². The van der Waals surface area contributed by atoms with Crippen molar-refractivity contribution in [3.05, 3.63) is 76.4 Å². The number of carbonyl (C=O) groups is 1. The van der Waals surface area contributed by atoms with Crippen molar-refractivity contribution in [2.24, 2.45) is 10.9 Å². The number of nitrogens with zero attached hydrogens (tertiary/aromatic N) is 2. The van der Waals surface area contributed by atoms with Crippen molar-refractivity contribution < 1.29 is 4.79 Å². The van der Waals surface area contributed by atoms with Crippen molar-refractivity contribution in [3.8, 4) is 0 Å². The monoisotopic (exact) mass is 338 g/mol. The number of carbonyl (C=O) groups excluding carboxylic acids is 1. The van der Waals surface area contributed by atoms with Crippen LogP contribution in [0.4, 0.5) is 0 Å². The van der Waals surface area contributed by atoms with Crippen LogP contribution in [0.1, 0.15) is 25.0 Å². The van der Waals surface area contributed by atoms with Crippen LogP contribution in [-0.4, -0.2) is 23.2 Å². The highest BCUT2D eigenvalue weighted by molar-refractivity contribution is 6.30. The summed E-state index contributed by atoms with van der Waals surface area (Å²) in [4.78, 5) is 19.2. The van der Waals surface area contributed by atoms with Gasteiger partial charge in [-0.15, -0.1) is 0 Å². The van der Waals surface area contributed by atoms with Gasteiger partial charge in [0.15, 0.2) is 0 Å². The van der Waals surface area contributed by atoms with E-state index in [2.05, 4.69) is 18.8 Å². The van der Waals surface area contributed by atoms with E-state index in [4.69, 9.17) is 11.6 Å². The quantitative estimate of drug-likeness (QED) is 0.748. The third kappa shape index (κ3) is 3.57. The van der Waals surface area contributed by atoms with Crippen molar-refractivity contribution in [1.29, 1.82) is 0 Å². The summed E-state index contributed by atoms with van der Waals surface area (Å²) in [6.07, 6.45) is 1.79. The second kappa shape index (κ2) is 7.02. The molecule has 0 aromatic heterocycles. The molecule has 0 aliphatic carbocycles. The average molecular weight is 339 g/mol. The molecule has 2 aromatic rings. The third-order valence-corrected chi connectivity index (χ3v) is 3.91. The highest BCUT2D eigenvalue weighted by atomic mass is 35.5. The largest absolute Gasteiger partial charge is 0.291 e. The maximum absolute atomic E-state index is 12.8. The van der Waals surface area contributed by atoms with Gasteiger partial charge in [-0.2, -0.15) is 0 Å². The fourth-order valence-corrected chi connectivity index (χ4v) is 2.85. The van der Waals surface area contributed by atoms with Crippen LogP contribution < -0.4 is 0 Å². The maximum atomic E-state index is 12.8. The van der Waals surface area contributed by atoms with Gasteiger partial charge in [-0.25, -0.2) is 4.99 Å². The van der Waals surface area contributed by atoms with Gasteiger partial charge in [0.2, 0.25) is 0 Å². The molecule has 0 fully saturated rings. The molecule has 0 atom stereocenters. The van der Waals surface area contributed by atoms with Gasteiger partial charge in [-0.1, -0.05) is 67.9 Å². The first kappa shape index (κ1) is 16.5. The Morgan fingerprint density at radius 3 is 2.54 bits per heavy atom. The SMILES string of the molecule is CC(C)CN1C(=O)/C(=C\c2cccc(Cl)c2)N=C1c1ccccc1. The lowest BCUT2D eigenvalue weighted by atomic mass is 10.1. The molecule has 0 saturated carbocycles. The predicted molar refractivity (Wildman–Crippen MR) is 99.0 cm³/mol. The van der Waals surface area contributed by atoms with Crippen LogP contribution in [0.3, 0.4) is 0 Å². The summed E-state index contributed by atoms with van der Waals surface area (Å²) in [7, 11) is 0. The Kier molecular flexibility index (Phi) is 4.81. The summed E-state index contributed by atoms with van der Waals surface area (Å²) in [6.45, 7) is 4.82. The molecule has 24 heavy (non-hydrogen) atoms. The molecule has 1 heterocycles. The summed E-state index contributed by atoms with van der Waals surface area (Å²) < 4.78 is 0. The lowest BCUT2D eigenvalue weighted by molar-refractivity contribution is -0.122. The second-order valence-electron chi connectivity index (χ2n) is 6.20. The van der Waals surface area contributed by atoms with E-state index >= 15 is 0 Å². The molecular weight excluding hydrogens is 320 g/mol. The molecule has 4 heteroatoms. The van der Waals surface area contributed by atoms with Gasteiger partial charge >= 0.3 is 0 Å². The van der Waals surface area contributed by atoms with Gasteiger partial charge < -0.3 is 0 Å². The first-order valence-electron chi connectivity index (χ1n) is 7.98. The van der Waals surface area contributed by atoms with Crippen molar-refractivity contribution in [3.63, 3.8) is 0 Å². The summed E-state index contributed by atoms with van der Waals surface area (Å²) >= 11 is 6.03. The number of amides is 1. The van der Waals surface area contributed by atoms with E-state index in [1.165, 1.54) is 0 Å². The molecule has 1 aliphatic heterocycles. The lowest BCUT2D eigenvalue weighted by Crippen LogP contribution is -2.35. The molecular formula is C20H19ClN2O. The Hall–Kier alpha value is -2.39. The molecule has 0 radical (unpaired) electrons. The molecule has 1 amide bonds. The minimum Gasteiger partial charge on any atom is -0.291 e. The number of hydrogen-bond donors (Lipinski definition) is 0. The molecule has 2 aromatic carbocycles. The normalized spacial score (nSPS) is 16.2. The van der Waals surface area contributed by atoms with Crippen molar-refractivity contribution in [1.82, 2.24) is 4.90 Å². The van der Waals surface area contributed by atoms with E-state index in [0.717, 1.165) is 11.1 Å². The van der Waals surface area contributed by atoms with Crippen LogP contribution in [-0.2, 0) is 4.79 Å². The standard InChI is InChI=1S/C20H19ClN2O/c1-14(2)13-23-19(16-8-4-3-5-9-16)22-18(20(23)24)12-15-7-6-10-17(21)11-15/h3-12,14H,13H2,1-2H3/b18-12+. The van der Waals surface area contributed by atoms with Gasteiger partial charge in [0.1, 0.15) is 11.5 Å². The summed E-state index contributed by atoms with van der Waals surface area (Å²) in [6, 6.07) is 17.2. The fraction of sp³-hybridized carbons (Fsp3) is 0.200. The number of benzene rings is 2. The first-order chi connectivity index (χ1) is 11.5. The van der Waals surface area contributed by atoms with E-state index in [9.17, 15) is 4.79 Å². The summed E-state index contributed by atoms with van der Waals surface area (Å²) in [5.41, 5.74) is 2.26. The zero-order chi connectivity index (χ0) is 17.1. The third-order valence-electron chi connectivity index (χ3n) is 3.68. The zero-order valence-electron chi connectivity index (χ0n) is 13.7. The Bertz CT molecular complexity index is 809. The van der Waals surface area contributed by atoms with Crippen LogP contribution >= 0.6 is 11.6 Å². The molecule has 1 aliphatic rings. The van der Waals surface area contributed by atoms with Crippen LogP contribution in [0.2, 0.25) is 5.02 Å². The molecule has 0 saturated heterocycles. The van der Waals surface area contributed by atoms with Crippen molar-refractivity contribution >= 4 is 29.4 Å². The average Bonchev–Trinajstić information content (AvgIpc) is 2.85. The van der Waals surface area contributed by atoms with Crippen LogP contribution in [0, 0.1) is 5.92 Å². The molecule has 3 nitrogen and oxygen atoms in total. The first-order valence-corrected chi connectivity index (χ1v) is 8.35. The number of halogens is 1. The highest BCUT2D eigenvalue weighted by Crippen LogP contribution is 2.23. The smallest absolute Gasteiger partial charge is 0.278 e. The van der Waals surface area contributed by atoms with E-state index in [1.807, 2.05) is 54.6 Å². The van der Waals surface area contributed by atoms with E-state index in [1.54, 1.807) is 11.0 Å². The lowest BCUT2D eigenvalue weighted by Gasteiger charge is -2.20. The molecule has 122 valence electrons. The van der Waals surface area contributed by atoms with Crippen LogP contribution in [0.5, 0.6) is 0 Å². The topological polar surface area (TPSA) is 32.7 Å².